The Morgan fingerprint density at radius 2 is 0.977 bits per heavy atom. The molecule has 0 spiro atoms. The molecule has 0 unspecified atom stereocenters. The van der Waals surface area contributed by atoms with E-state index in [1.54, 1.807) is 0 Å². The standard InChI is InChI=1S/C32H22O12/c1-39-23-7-15(9-25-31(23)43-13-41-25)27(35)29(37)19-5-3-17(33)11-21(19)22-12-18(34)4-6-20(22)30(38)28(36)16-8-24(40-2)32-26(10-16)42-14-44-32/h3-12,33-34H,13-14H2,1-2H3. The van der Waals surface area contributed by atoms with Crippen LogP contribution in [0.15, 0.2) is 60.7 Å². The minimum Gasteiger partial charge on any atom is -0.508 e. The van der Waals surface area contributed by atoms with Crippen molar-refractivity contribution in [2.75, 3.05) is 27.8 Å². The highest BCUT2D eigenvalue weighted by molar-refractivity contribution is 6.52. The van der Waals surface area contributed by atoms with Gasteiger partial charge in [0.25, 0.3) is 0 Å². The number of phenolic OH excluding ortho intramolecular Hbond substituents is 2. The van der Waals surface area contributed by atoms with Gasteiger partial charge in [-0.1, -0.05) is 0 Å². The van der Waals surface area contributed by atoms with Gasteiger partial charge < -0.3 is 38.6 Å². The molecule has 0 aliphatic carbocycles. The van der Waals surface area contributed by atoms with Crippen molar-refractivity contribution in [3.05, 3.63) is 82.9 Å². The summed E-state index contributed by atoms with van der Waals surface area (Å²) < 4.78 is 32.0. The number of hydrogen-bond acceptors (Lipinski definition) is 12. The van der Waals surface area contributed by atoms with Crippen LogP contribution in [0.2, 0.25) is 0 Å². The highest BCUT2D eigenvalue weighted by Crippen LogP contribution is 2.44. The summed E-state index contributed by atoms with van der Waals surface area (Å²) in [4.78, 5) is 54.2. The molecule has 0 aromatic heterocycles. The van der Waals surface area contributed by atoms with Crippen LogP contribution < -0.4 is 28.4 Å². The van der Waals surface area contributed by atoms with E-state index >= 15 is 0 Å². The Morgan fingerprint density at radius 3 is 1.36 bits per heavy atom. The zero-order valence-corrected chi connectivity index (χ0v) is 23.2. The number of carbonyl (C=O) groups excluding carboxylic acids is 4. The number of fused-ring (bicyclic) bond motifs is 2. The number of aromatic hydroxyl groups is 2. The van der Waals surface area contributed by atoms with Gasteiger partial charge in [-0.15, -0.1) is 0 Å². The fourth-order valence-corrected chi connectivity index (χ4v) is 4.93. The molecule has 44 heavy (non-hydrogen) atoms. The lowest BCUT2D eigenvalue weighted by Crippen LogP contribution is -2.18. The van der Waals surface area contributed by atoms with Crippen LogP contribution in [0.4, 0.5) is 0 Å². The van der Waals surface area contributed by atoms with Crippen LogP contribution >= 0.6 is 0 Å². The molecule has 0 saturated heterocycles. The molecule has 12 heteroatoms. The molecule has 4 aromatic carbocycles. The van der Waals surface area contributed by atoms with E-state index in [4.69, 9.17) is 28.4 Å². The maximum Gasteiger partial charge on any atom is 0.234 e. The Bertz CT molecular complexity index is 1750. The van der Waals surface area contributed by atoms with E-state index in [2.05, 4.69) is 0 Å². The van der Waals surface area contributed by atoms with Gasteiger partial charge in [-0.05, 0) is 71.8 Å². The molecule has 0 fully saturated rings. The van der Waals surface area contributed by atoms with Crippen LogP contribution in [0.3, 0.4) is 0 Å². The van der Waals surface area contributed by atoms with E-state index in [0.717, 1.165) is 12.1 Å². The zero-order chi connectivity index (χ0) is 31.1. The van der Waals surface area contributed by atoms with Crippen molar-refractivity contribution >= 4 is 23.1 Å². The maximum atomic E-state index is 13.7. The first-order valence-electron chi connectivity index (χ1n) is 13.0. The summed E-state index contributed by atoms with van der Waals surface area (Å²) in [6.45, 7) is -0.184. The Morgan fingerprint density at radius 1 is 0.568 bits per heavy atom. The molecule has 12 nitrogen and oxygen atoms in total. The van der Waals surface area contributed by atoms with Gasteiger partial charge in [0.15, 0.2) is 23.0 Å². The fourth-order valence-electron chi connectivity index (χ4n) is 4.93. The summed E-state index contributed by atoms with van der Waals surface area (Å²) in [5.74, 6) is -3.16. The summed E-state index contributed by atoms with van der Waals surface area (Å²) in [6.07, 6.45) is 0. The van der Waals surface area contributed by atoms with Crippen LogP contribution in [0.1, 0.15) is 41.4 Å². The van der Waals surface area contributed by atoms with Gasteiger partial charge in [0.05, 0.1) is 14.2 Å². The minimum atomic E-state index is -1.01. The lowest BCUT2D eigenvalue weighted by molar-refractivity contribution is 0.0816. The average molecular weight is 599 g/mol. The number of rotatable bonds is 9. The third-order valence-electron chi connectivity index (χ3n) is 7.04. The zero-order valence-electron chi connectivity index (χ0n) is 23.2. The molecule has 2 aliphatic heterocycles. The monoisotopic (exact) mass is 598 g/mol. The average Bonchev–Trinajstić information content (AvgIpc) is 3.72. The summed E-state index contributed by atoms with van der Waals surface area (Å²) in [6, 6.07) is 12.4. The maximum absolute atomic E-state index is 13.7. The summed E-state index contributed by atoms with van der Waals surface area (Å²) in [7, 11) is 2.74. The Balaban J connectivity index is 1.41. The molecule has 0 saturated carbocycles. The number of hydrogen-bond donors (Lipinski definition) is 2. The number of Topliss-reactive ketones (excluding diaryl/α,β-unsaturated/α-hetero) is 4. The molecule has 222 valence electrons. The van der Waals surface area contributed by atoms with Gasteiger partial charge in [0.2, 0.25) is 48.2 Å². The molecular weight excluding hydrogens is 576 g/mol. The van der Waals surface area contributed by atoms with Crippen LogP contribution in [0, 0.1) is 0 Å². The molecule has 0 radical (unpaired) electrons. The number of ether oxygens (including phenoxy) is 6. The topological polar surface area (TPSA) is 164 Å². The van der Waals surface area contributed by atoms with Gasteiger partial charge in [-0.3, -0.25) is 19.2 Å². The highest BCUT2D eigenvalue weighted by atomic mass is 16.7. The Labute approximate surface area is 248 Å². The molecule has 4 aromatic rings. The largest absolute Gasteiger partial charge is 0.508 e. The van der Waals surface area contributed by atoms with Crippen molar-refractivity contribution < 1.29 is 57.8 Å². The molecule has 0 atom stereocenters. The second-order valence-electron chi connectivity index (χ2n) is 9.60. The third-order valence-corrected chi connectivity index (χ3v) is 7.04. The first-order chi connectivity index (χ1) is 21.2. The lowest BCUT2D eigenvalue weighted by atomic mass is 9.88. The van der Waals surface area contributed by atoms with Crippen molar-refractivity contribution in [1.29, 1.82) is 0 Å². The van der Waals surface area contributed by atoms with Gasteiger partial charge in [-0.2, -0.15) is 0 Å². The fraction of sp³-hybridized carbons (Fsp3) is 0.125. The van der Waals surface area contributed by atoms with E-state index in [0.29, 0.717) is 0 Å². The SMILES string of the molecule is COc1cc(C(=O)C(=O)c2ccc(O)cc2-c2cc(O)ccc2C(=O)C(=O)c2cc(OC)c3c(c2)OCO3)cc2c1OCO2. The van der Waals surface area contributed by atoms with Crippen LogP contribution in [-0.4, -0.2) is 61.2 Å². The smallest absolute Gasteiger partial charge is 0.234 e. The van der Waals surface area contributed by atoms with Crippen LogP contribution in [0.5, 0.6) is 46.0 Å². The lowest BCUT2D eigenvalue weighted by Gasteiger charge is -2.14. The van der Waals surface area contributed by atoms with Gasteiger partial charge in [-0.25, -0.2) is 0 Å². The summed E-state index contributed by atoms with van der Waals surface area (Å²) in [5, 5.41) is 20.7. The van der Waals surface area contributed by atoms with Crippen molar-refractivity contribution in [2.24, 2.45) is 0 Å². The van der Waals surface area contributed by atoms with E-state index in [-0.39, 0.29) is 93.0 Å². The molecule has 6 rings (SSSR count). The van der Waals surface area contributed by atoms with Crippen LogP contribution in [0.25, 0.3) is 11.1 Å². The number of methoxy groups -OCH3 is 2. The summed E-state index contributed by atoms with van der Waals surface area (Å²) >= 11 is 0. The molecular formula is C32H22O12. The van der Waals surface area contributed by atoms with Gasteiger partial charge in [0, 0.05) is 22.3 Å². The second kappa shape index (κ2) is 11.0. The normalized spacial score (nSPS) is 12.5. The van der Waals surface area contributed by atoms with E-state index in [1.165, 1.54) is 62.8 Å². The quantitative estimate of drug-likeness (QED) is 0.207. The van der Waals surface area contributed by atoms with E-state index in [1.807, 2.05) is 0 Å². The van der Waals surface area contributed by atoms with E-state index in [9.17, 15) is 29.4 Å². The number of phenols is 2. The number of ketones is 4. The highest BCUT2D eigenvalue weighted by Gasteiger charge is 2.31. The van der Waals surface area contributed by atoms with Gasteiger partial charge >= 0.3 is 0 Å². The first-order valence-corrected chi connectivity index (χ1v) is 13.0. The van der Waals surface area contributed by atoms with Crippen molar-refractivity contribution in [3.8, 4) is 57.1 Å². The third kappa shape index (κ3) is 4.77. The molecule has 2 heterocycles. The predicted octanol–water partition coefficient (Wildman–Crippen LogP) is 4.37. The number of carbonyl (C=O) groups is 4. The van der Waals surface area contributed by atoms with Crippen molar-refractivity contribution in [2.45, 2.75) is 0 Å². The van der Waals surface area contributed by atoms with Crippen LogP contribution in [-0.2, 0) is 0 Å². The Hall–Kier alpha value is -6.04. The predicted molar refractivity (Wildman–Crippen MR) is 151 cm³/mol. The first kappa shape index (κ1) is 28.1. The minimum absolute atomic E-state index is 0.0609. The van der Waals surface area contributed by atoms with E-state index < -0.39 is 23.1 Å². The molecule has 0 amide bonds. The molecule has 2 aliphatic rings. The molecule has 2 N–H and O–H groups in total. The Kier molecular flexibility index (Phi) is 7.01. The second-order valence-corrected chi connectivity index (χ2v) is 9.60. The summed E-state index contributed by atoms with van der Waals surface area (Å²) in [5.41, 5.74) is -0.691. The van der Waals surface area contributed by atoms with Crippen molar-refractivity contribution in [1.82, 2.24) is 0 Å². The van der Waals surface area contributed by atoms with Crippen molar-refractivity contribution in [3.63, 3.8) is 0 Å². The number of benzene rings is 4. The van der Waals surface area contributed by atoms with Gasteiger partial charge in [0.1, 0.15) is 11.5 Å². The molecule has 0 bridgehead atoms.